The molecule has 0 heterocycles. The molecule has 0 fully saturated rings. The summed E-state index contributed by atoms with van der Waals surface area (Å²) in [5.41, 5.74) is 14.9. The fourth-order valence-corrected chi connectivity index (χ4v) is 0. The summed E-state index contributed by atoms with van der Waals surface area (Å²) >= 11 is 0. The zero-order valence-corrected chi connectivity index (χ0v) is 3.52. The van der Waals surface area contributed by atoms with Crippen molar-refractivity contribution >= 4 is 0 Å². The van der Waals surface area contributed by atoms with E-state index in [9.17, 15) is 0 Å². The SMILES string of the molecule is C=CC(N)(N)N. The van der Waals surface area contributed by atoms with Gasteiger partial charge in [0.15, 0.2) is 0 Å². The van der Waals surface area contributed by atoms with Crippen LogP contribution in [0.15, 0.2) is 12.7 Å². The van der Waals surface area contributed by atoms with Gasteiger partial charge in [-0.2, -0.15) is 0 Å². The highest BCUT2D eigenvalue weighted by Crippen LogP contribution is 1.71. The summed E-state index contributed by atoms with van der Waals surface area (Å²) in [5.74, 6) is -1.19. The molecule has 0 aromatic heterocycles. The highest BCUT2D eigenvalue weighted by molar-refractivity contribution is 4.88. The van der Waals surface area contributed by atoms with Crippen LogP contribution in [0.3, 0.4) is 0 Å². The van der Waals surface area contributed by atoms with Crippen molar-refractivity contribution in [1.29, 1.82) is 0 Å². The van der Waals surface area contributed by atoms with Crippen molar-refractivity contribution in [3.8, 4) is 0 Å². The topological polar surface area (TPSA) is 78.1 Å². The van der Waals surface area contributed by atoms with Crippen LogP contribution in [0.4, 0.5) is 0 Å². The summed E-state index contributed by atoms with van der Waals surface area (Å²) in [5, 5.41) is 0. The molecule has 0 spiro atoms. The lowest BCUT2D eigenvalue weighted by atomic mass is 10.4. The molecule has 0 atom stereocenters. The molecule has 0 saturated carbocycles. The van der Waals surface area contributed by atoms with Gasteiger partial charge in [-0.3, -0.25) is 17.2 Å². The first-order valence-electron chi connectivity index (χ1n) is 1.56. The molecular weight excluding hydrogens is 78.1 g/mol. The molecule has 0 aliphatic heterocycles. The predicted molar refractivity (Wildman–Crippen MR) is 25.5 cm³/mol. The standard InChI is InChI=1S/C3H9N3/c1-2-3(4,5)6/h2H,1,4-6H2. The third-order valence-electron chi connectivity index (χ3n) is 0.354. The van der Waals surface area contributed by atoms with E-state index in [2.05, 4.69) is 6.58 Å². The van der Waals surface area contributed by atoms with E-state index in [1.807, 2.05) is 0 Å². The molecule has 0 aromatic carbocycles. The largest absolute Gasteiger partial charge is 0.298 e. The number of nitrogens with two attached hydrogens (primary N) is 3. The van der Waals surface area contributed by atoms with E-state index >= 15 is 0 Å². The Morgan fingerprint density at radius 1 is 1.33 bits per heavy atom. The maximum absolute atomic E-state index is 4.97. The minimum Gasteiger partial charge on any atom is -0.298 e. The normalized spacial score (nSPS) is 11.2. The highest BCUT2D eigenvalue weighted by Gasteiger charge is 2.00. The summed E-state index contributed by atoms with van der Waals surface area (Å²) in [6.45, 7) is 3.26. The molecule has 3 nitrogen and oxygen atoms in total. The lowest BCUT2D eigenvalue weighted by molar-refractivity contribution is 0.584. The minimum atomic E-state index is -1.19. The molecule has 6 N–H and O–H groups in total. The van der Waals surface area contributed by atoms with Crippen LogP contribution in [0.1, 0.15) is 0 Å². The van der Waals surface area contributed by atoms with Crippen molar-refractivity contribution in [3.05, 3.63) is 12.7 Å². The Balaban J connectivity index is 3.45. The highest BCUT2D eigenvalue weighted by atomic mass is 15.1. The predicted octanol–water partition coefficient (Wildman–Crippen LogP) is -1.30. The van der Waals surface area contributed by atoms with Crippen LogP contribution >= 0.6 is 0 Å². The fourth-order valence-electron chi connectivity index (χ4n) is 0. The third-order valence-corrected chi connectivity index (χ3v) is 0.354. The van der Waals surface area contributed by atoms with Crippen molar-refractivity contribution in [2.75, 3.05) is 0 Å². The summed E-state index contributed by atoms with van der Waals surface area (Å²) in [6.07, 6.45) is 1.27. The Bertz CT molecular complexity index is 51.5. The van der Waals surface area contributed by atoms with E-state index in [0.29, 0.717) is 0 Å². The van der Waals surface area contributed by atoms with Gasteiger partial charge in [-0.05, 0) is 6.08 Å². The first kappa shape index (κ1) is 5.62. The minimum absolute atomic E-state index is 1.19. The maximum atomic E-state index is 4.97. The maximum Gasteiger partial charge on any atom is 0.135 e. The molecule has 0 aliphatic rings. The van der Waals surface area contributed by atoms with Crippen molar-refractivity contribution in [2.45, 2.75) is 5.79 Å². The van der Waals surface area contributed by atoms with Gasteiger partial charge in [0.25, 0.3) is 0 Å². The van der Waals surface area contributed by atoms with Crippen LogP contribution in [0.2, 0.25) is 0 Å². The Hall–Kier alpha value is -0.380. The molecule has 0 rings (SSSR count). The van der Waals surface area contributed by atoms with E-state index in [-0.39, 0.29) is 0 Å². The van der Waals surface area contributed by atoms with E-state index in [1.165, 1.54) is 6.08 Å². The van der Waals surface area contributed by atoms with Crippen LogP contribution in [-0.2, 0) is 0 Å². The van der Waals surface area contributed by atoms with Crippen LogP contribution in [0, 0.1) is 0 Å². The van der Waals surface area contributed by atoms with Crippen LogP contribution in [0.5, 0.6) is 0 Å². The fraction of sp³-hybridized carbons (Fsp3) is 0.333. The first-order chi connectivity index (χ1) is 2.56. The number of hydrogen-bond acceptors (Lipinski definition) is 3. The van der Waals surface area contributed by atoms with Crippen molar-refractivity contribution in [3.63, 3.8) is 0 Å². The summed E-state index contributed by atoms with van der Waals surface area (Å²) < 4.78 is 0. The molecule has 0 bridgehead atoms. The zero-order valence-electron chi connectivity index (χ0n) is 3.52. The quantitative estimate of drug-likeness (QED) is 0.275. The van der Waals surface area contributed by atoms with Crippen LogP contribution < -0.4 is 17.2 Å². The van der Waals surface area contributed by atoms with Gasteiger partial charge in [0.2, 0.25) is 0 Å². The average Bonchev–Trinajstić information content (AvgIpc) is 1.35. The second-order valence-corrected chi connectivity index (χ2v) is 1.20. The Kier molecular flexibility index (Phi) is 1.29. The molecular formula is C3H9N3. The Labute approximate surface area is 36.8 Å². The molecule has 0 aliphatic carbocycles. The monoisotopic (exact) mass is 87.1 g/mol. The molecule has 0 unspecified atom stereocenters. The van der Waals surface area contributed by atoms with E-state index in [4.69, 9.17) is 17.2 Å². The Morgan fingerprint density at radius 3 is 1.50 bits per heavy atom. The van der Waals surface area contributed by atoms with Crippen LogP contribution in [-0.4, -0.2) is 5.79 Å². The molecule has 3 heteroatoms. The van der Waals surface area contributed by atoms with Crippen molar-refractivity contribution in [1.82, 2.24) is 0 Å². The lowest BCUT2D eigenvalue weighted by Gasteiger charge is -2.09. The molecule has 0 saturated heterocycles. The van der Waals surface area contributed by atoms with E-state index in [1.54, 1.807) is 0 Å². The van der Waals surface area contributed by atoms with Gasteiger partial charge in [-0.1, -0.05) is 6.58 Å². The lowest BCUT2D eigenvalue weighted by Crippen LogP contribution is -2.55. The smallest absolute Gasteiger partial charge is 0.135 e. The third kappa shape index (κ3) is 3.62. The second-order valence-electron chi connectivity index (χ2n) is 1.20. The van der Waals surface area contributed by atoms with Gasteiger partial charge in [-0.25, -0.2) is 0 Å². The van der Waals surface area contributed by atoms with Crippen molar-refractivity contribution in [2.24, 2.45) is 17.2 Å². The van der Waals surface area contributed by atoms with Gasteiger partial charge < -0.3 is 0 Å². The van der Waals surface area contributed by atoms with Gasteiger partial charge in [0, 0.05) is 0 Å². The average molecular weight is 87.1 g/mol. The molecule has 0 radical (unpaired) electrons. The van der Waals surface area contributed by atoms with Gasteiger partial charge in [-0.15, -0.1) is 0 Å². The number of hydrogen-bond donors (Lipinski definition) is 3. The first-order valence-corrected chi connectivity index (χ1v) is 1.56. The van der Waals surface area contributed by atoms with Gasteiger partial charge >= 0.3 is 0 Å². The van der Waals surface area contributed by atoms with Gasteiger partial charge in [0.05, 0.1) is 0 Å². The molecule has 0 amide bonds. The summed E-state index contributed by atoms with van der Waals surface area (Å²) in [4.78, 5) is 0. The van der Waals surface area contributed by atoms with Crippen molar-refractivity contribution < 1.29 is 0 Å². The zero-order chi connectivity index (χ0) is 5.21. The Morgan fingerprint density at radius 2 is 1.50 bits per heavy atom. The van der Waals surface area contributed by atoms with E-state index in [0.717, 1.165) is 0 Å². The molecule has 36 valence electrons. The van der Waals surface area contributed by atoms with Gasteiger partial charge in [0.1, 0.15) is 5.79 Å². The number of rotatable bonds is 1. The summed E-state index contributed by atoms with van der Waals surface area (Å²) in [6, 6.07) is 0. The van der Waals surface area contributed by atoms with E-state index < -0.39 is 5.79 Å². The second kappa shape index (κ2) is 1.38. The summed E-state index contributed by atoms with van der Waals surface area (Å²) in [7, 11) is 0. The molecule has 0 aromatic rings. The molecule has 6 heavy (non-hydrogen) atoms. The van der Waals surface area contributed by atoms with Crippen LogP contribution in [0.25, 0.3) is 0 Å².